The molecule has 0 saturated heterocycles. The number of rotatable bonds is 7. The Labute approximate surface area is 196 Å². The lowest BCUT2D eigenvalue weighted by Crippen LogP contribution is -2.35. The number of benzene rings is 2. The monoisotopic (exact) mass is 491 g/mol. The maximum atomic E-state index is 13.7. The van der Waals surface area contributed by atoms with Gasteiger partial charge in [-0.15, -0.1) is 0 Å². The third-order valence-electron chi connectivity index (χ3n) is 5.98. The van der Waals surface area contributed by atoms with Crippen molar-refractivity contribution >= 4 is 37.5 Å². The standard InChI is InChI=1S/C23H26FN3O4S2/c1-26(18-5-3-4-6-18)33(29,30)19-10-7-16(8-11-19)22(28)25-23-27(13-14-31-2)20-12-9-17(24)15-21(20)32-23/h7-12,15,18H,3-6,13-14H2,1-2H3. The van der Waals surface area contributed by atoms with E-state index >= 15 is 0 Å². The second kappa shape index (κ2) is 9.84. The van der Waals surface area contributed by atoms with Gasteiger partial charge in [0.25, 0.3) is 5.91 Å². The zero-order valence-electron chi connectivity index (χ0n) is 18.5. The number of ether oxygens (including phenoxy) is 1. The van der Waals surface area contributed by atoms with E-state index in [2.05, 4.69) is 4.99 Å². The van der Waals surface area contributed by atoms with Crippen molar-refractivity contribution in [2.24, 2.45) is 4.99 Å². The van der Waals surface area contributed by atoms with Crippen molar-refractivity contribution in [2.75, 3.05) is 20.8 Å². The van der Waals surface area contributed by atoms with Crippen molar-refractivity contribution in [3.05, 3.63) is 58.6 Å². The number of hydrogen-bond donors (Lipinski definition) is 0. The Bertz CT molecular complexity index is 1320. The van der Waals surface area contributed by atoms with E-state index in [0.29, 0.717) is 22.7 Å². The lowest BCUT2D eigenvalue weighted by Gasteiger charge is -2.23. The van der Waals surface area contributed by atoms with Gasteiger partial charge in [0.05, 0.1) is 21.7 Å². The minimum atomic E-state index is -3.62. The third-order valence-corrected chi connectivity index (χ3v) is 8.94. The molecule has 0 unspecified atom stereocenters. The van der Waals surface area contributed by atoms with E-state index in [1.807, 2.05) is 4.57 Å². The number of hydrogen-bond acceptors (Lipinski definition) is 5. The van der Waals surface area contributed by atoms with Crippen LogP contribution in [0.25, 0.3) is 10.2 Å². The molecule has 7 nitrogen and oxygen atoms in total. The first-order valence-electron chi connectivity index (χ1n) is 10.8. The molecule has 0 atom stereocenters. The number of halogens is 1. The Morgan fingerprint density at radius 1 is 1.21 bits per heavy atom. The third kappa shape index (κ3) is 4.93. The Kier molecular flexibility index (Phi) is 7.08. The lowest BCUT2D eigenvalue weighted by molar-refractivity contribution is 0.0997. The molecule has 0 spiro atoms. The van der Waals surface area contributed by atoms with Crippen molar-refractivity contribution in [1.82, 2.24) is 8.87 Å². The Morgan fingerprint density at radius 2 is 1.91 bits per heavy atom. The van der Waals surface area contributed by atoms with Gasteiger partial charge in [-0.05, 0) is 55.3 Å². The SMILES string of the molecule is COCCn1c(=NC(=O)c2ccc(S(=O)(=O)N(C)C3CCCC3)cc2)sc2cc(F)ccc21. The average molecular weight is 492 g/mol. The summed E-state index contributed by atoms with van der Waals surface area (Å²) in [6.07, 6.45) is 3.81. The molecule has 1 amide bonds. The molecule has 10 heteroatoms. The summed E-state index contributed by atoms with van der Waals surface area (Å²) in [6.45, 7) is 0.866. The lowest BCUT2D eigenvalue weighted by atomic mass is 10.2. The Morgan fingerprint density at radius 3 is 2.58 bits per heavy atom. The number of amides is 1. The second-order valence-corrected chi connectivity index (χ2v) is 11.0. The highest BCUT2D eigenvalue weighted by Gasteiger charge is 2.30. The number of fused-ring (bicyclic) bond motifs is 1. The van der Waals surface area contributed by atoms with Crippen molar-refractivity contribution in [2.45, 2.75) is 43.2 Å². The fraction of sp³-hybridized carbons (Fsp3) is 0.391. The van der Waals surface area contributed by atoms with E-state index < -0.39 is 15.9 Å². The minimum absolute atomic E-state index is 0.0200. The first kappa shape index (κ1) is 23.7. The fourth-order valence-electron chi connectivity index (χ4n) is 4.08. The number of carbonyl (C=O) groups is 1. The predicted octanol–water partition coefficient (Wildman–Crippen LogP) is 3.79. The van der Waals surface area contributed by atoms with Crippen LogP contribution in [0.3, 0.4) is 0 Å². The van der Waals surface area contributed by atoms with Crippen LogP contribution in [0.2, 0.25) is 0 Å². The van der Waals surface area contributed by atoms with Gasteiger partial charge in [-0.2, -0.15) is 9.30 Å². The molecule has 1 saturated carbocycles. The van der Waals surface area contributed by atoms with E-state index in [1.165, 1.54) is 52.0 Å². The molecule has 0 bridgehead atoms. The molecule has 2 aromatic carbocycles. The zero-order chi connectivity index (χ0) is 23.6. The van der Waals surface area contributed by atoms with Crippen LogP contribution in [0.4, 0.5) is 4.39 Å². The molecule has 1 heterocycles. The van der Waals surface area contributed by atoms with Crippen LogP contribution in [0, 0.1) is 5.82 Å². The molecular formula is C23H26FN3O4S2. The highest BCUT2D eigenvalue weighted by molar-refractivity contribution is 7.89. The Balaban J connectivity index is 1.63. The zero-order valence-corrected chi connectivity index (χ0v) is 20.2. The molecule has 0 N–H and O–H groups in total. The maximum absolute atomic E-state index is 13.7. The van der Waals surface area contributed by atoms with Gasteiger partial charge in [0.15, 0.2) is 4.80 Å². The normalized spacial score (nSPS) is 15.7. The molecule has 1 aromatic heterocycles. The summed E-state index contributed by atoms with van der Waals surface area (Å²) in [6, 6.07) is 10.3. The van der Waals surface area contributed by atoms with Gasteiger partial charge in [0, 0.05) is 32.3 Å². The summed E-state index contributed by atoms with van der Waals surface area (Å²) >= 11 is 1.21. The predicted molar refractivity (Wildman–Crippen MR) is 125 cm³/mol. The largest absolute Gasteiger partial charge is 0.383 e. The Hall–Kier alpha value is -2.40. The second-order valence-electron chi connectivity index (χ2n) is 8.04. The maximum Gasteiger partial charge on any atom is 0.279 e. The number of nitrogens with zero attached hydrogens (tertiary/aromatic N) is 3. The molecule has 3 aromatic rings. The topological polar surface area (TPSA) is 81.0 Å². The summed E-state index contributed by atoms with van der Waals surface area (Å²) in [4.78, 5) is 17.7. The highest BCUT2D eigenvalue weighted by Crippen LogP contribution is 2.27. The van der Waals surface area contributed by atoms with Gasteiger partial charge in [-0.25, -0.2) is 12.8 Å². The van der Waals surface area contributed by atoms with Crippen LogP contribution in [0.5, 0.6) is 0 Å². The first-order valence-corrected chi connectivity index (χ1v) is 13.0. The number of carbonyl (C=O) groups excluding carboxylic acids is 1. The molecule has 33 heavy (non-hydrogen) atoms. The van der Waals surface area contributed by atoms with Gasteiger partial charge < -0.3 is 9.30 Å². The number of methoxy groups -OCH3 is 1. The van der Waals surface area contributed by atoms with Crippen LogP contribution >= 0.6 is 11.3 Å². The quantitative estimate of drug-likeness (QED) is 0.504. The van der Waals surface area contributed by atoms with Crippen molar-refractivity contribution in [3.63, 3.8) is 0 Å². The van der Waals surface area contributed by atoms with Crippen LogP contribution in [-0.2, 0) is 21.3 Å². The van der Waals surface area contributed by atoms with E-state index in [4.69, 9.17) is 4.74 Å². The van der Waals surface area contributed by atoms with Gasteiger partial charge in [-0.1, -0.05) is 24.2 Å². The molecular weight excluding hydrogens is 465 g/mol. The van der Waals surface area contributed by atoms with E-state index in [0.717, 1.165) is 31.2 Å². The summed E-state index contributed by atoms with van der Waals surface area (Å²) in [7, 11) is -0.428. The smallest absolute Gasteiger partial charge is 0.279 e. The van der Waals surface area contributed by atoms with Crippen molar-refractivity contribution < 1.29 is 22.3 Å². The van der Waals surface area contributed by atoms with Crippen LogP contribution in [0.1, 0.15) is 36.0 Å². The summed E-state index contributed by atoms with van der Waals surface area (Å²) in [5.41, 5.74) is 1.04. The van der Waals surface area contributed by atoms with Gasteiger partial charge in [-0.3, -0.25) is 4.79 Å². The fourth-order valence-corrected chi connectivity index (χ4v) is 6.58. The van der Waals surface area contributed by atoms with Crippen LogP contribution < -0.4 is 4.80 Å². The van der Waals surface area contributed by atoms with Crippen molar-refractivity contribution in [1.29, 1.82) is 0 Å². The molecule has 0 radical (unpaired) electrons. The van der Waals surface area contributed by atoms with Crippen LogP contribution in [0.15, 0.2) is 52.4 Å². The number of aromatic nitrogens is 1. The average Bonchev–Trinajstić information content (AvgIpc) is 3.45. The molecule has 176 valence electrons. The molecule has 1 fully saturated rings. The van der Waals surface area contributed by atoms with E-state index in [1.54, 1.807) is 20.2 Å². The highest BCUT2D eigenvalue weighted by atomic mass is 32.2. The van der Waals surface area contributed by atoms with Crippen LogP contribution in [-0.4, -0.2) is 50.0 Å². The van der Waals surface area contributed by atoms with Gasteiger partial charge >= 0.3 is 0 Å². The summed E-state index contributed by atoms with van der Waals surface area (Å²) in [5.74, 6) is -0.860. The summed E-state index contributed by atoms with van der Waals surface area (Å²) in [5, 5.41) is 0. The van der Waals surface area contributed by atoms with Gasteiger partial charge in [0.2, 0.25) is 10.0 Å². The molecule has 0 aliphatic heterocycles. The number of thiazole rings is 1. The minimum Gasteiger partial charge on any atom is -0.383 e. The van der Waals surface area contributed by atoms with E-state index in [9.17, 15) is 17.6 Å². The molecule has 4 rings (SSSR count). The molecule has 1 aliphatic rings. The van der Waals surface area contributed by atoms with E-state index in [-0.39, 0.29) is 22.3 Å². The molecule has 1 aliphatic carbocycles. The van der Waals surface area contributed by atoms with Gasteiger partial charge in [0.1, 0.15) is 5.82 Å². The number of sulfonamides is 1. The first-order chi connectivity index (χ1) is 15.8. The summed E-state index contributed by atoms with van der Waals surface area (Å²) < 4.78 is 48.6. The van der Waals surface area contributed by atoms with Crippen molar-refractivity contribution in [3.8, 4) is 0 Å².